The molecule has 3 rings (SSSR count). The van der Waals surface area contributed by atoms with Crippen molar-refractivity contribution in [1.82, 2.24) is 4.98 Å². The molecule has 0 unspecified atom stereocenters. The molecule has 0 aliphatic rings. The number of nitrogens with zero attached hydrogens (tertiary/aromatic N) is 1. The van der Waals surface area contributed by atoms with Crippen molar-refractivity contribution in [1.29, 1.82) is 0 Å². The summed E-state index contributed by atoms with van der Waals surface area (Å²) in [5.41, 5.74) is 3.12. The number of aromatic nitrogens is 1. The molecule has 0 aliphatic carbocycles. The van der Waals surface area contributed by atoms with Crippen molar-refractivity contribution in [2.45, 2.75) is 0 Å². The number of hydrogen-bond donors (Lipinski definition) is 0. The van der Waals surface area contributed by atoms with Crippen LogP contribution in [0.1, 0.15) is 0 Å². The average Bonchev–Trinajstić information content (AvgIpc) is 2.68. The molecule has 3 aromatic rings. The fraction of sp³-hybridized carbons (Fsp3) is 0. The van der Waals surface area contributed by atoms with Crippen LogP contribution in [0.15, 0.2) is 46.4 Å². The minimum Gasteiger partial charge on any atom is -0.229 e. The maximum Gasteiger partial charge on any atom is 0.160 e. The van der Waals surface area contributed by atoms with Gasteiger partial charge in [-0.1, -0.05) is 41.9 Å². The molecular weight excluding hydrogens is 318 g/mol. The number of halogens is 2. The lowest BCUT2D eigenvalue weighted by Gasteiger charge is -2.04. The second-order valence-corrected chi connectivity index (χ2v) is 6.35. The van der Waals surface area contributed by atoms with Crippen molar-refractivity contribution in [3.63, 3.8) is 0 Å². The zero-order chi connectivity index (χ0) is 11.8. The molecular formula is C13H7BrClNS. The zero-order valence-corrected chi connectivity index (χ0v) is 11.8. The topological polar surface area (TPSA) is 12.9 Å². The third-order valence-electron chi connectivity index (χ3n) is 2.54. The molecule has 1 heterocycles. The zero-order valence-electron chi connectivity index (χ0n) is 8.65. The van der Waals surface area contributed by atoms with Crippen LogP contribution in [0.2, 0.25) is 5.02 Å². The molecule has 0 saturated heterocycles. The van der Waals surface area contributed by atoms with Gasteiger partial charge in [0.2, 0.25) is 0 Å². The van der Waals surface area contributed by atoms with E-state index >= 15 is 0 Å². The Kier molecular flexibility index (Phi) is 2.90. The van der Waals surface area contributed by atoms with E-state index in [0.717, 1.165) is 30.3 Å². The Labute approximate surface area is 116 Å². The fourth-order valence-electron chi connectivity index (χ4n) is 1.76. The average molecular weight is 325 g/mol. The number of benzene rings is 2. The lowest BCUT2D eigenvalue weighted by atomic mass is 10.1. The van der Waals surface area contributed by atoms with Crippen LogP contribution >= 0.6 is 38.9 Å². The molecule has 2 aromatic carbocycles. The molecule has 0 N–H and O–H groups in total. The highest BCUT2D eigenvalue weighted by Gasteiger charge is 2.08. The second-order valence-electron chi connectivity index (χ2n) is 3.63. The summed E-state index contributed by atoms with van der Waals surface area (Å²) in [7, 11) is 0. The first-order valence-corrected chi connectivity index (χ1v) is 7.04. The van der Waals surface area contributed by atoms with Gasteiger partial charge in [0.15, 0.2) is 3.92 Å². The highest BCUT2D eigenvalue weighted by molar-refractivity contribution is 9.11. The summed E-state index contributed by atoms with van der Waals surface area (Å²) in [6, 6.07) is 14.2. The van der Waals surface area contributed by atoms with Gasteiger partial charge in [-0.2, -0.15) is 0 Å². The van der Waals surface area contributed by atoms with Gasteiger partial charge in [-0.15, -0.1) is 11.3 Å². The van der Waals surface area contributed by atoms with E-state index in [9.17, 15) is 0 Å². The van der Waals surface area contributed by atoms with E-state index in [0.29, 0.717) is 0 Å². The molecule has 1 aromatic heterocycles. The maximum atomic E-state index is 6.30. The van der Waals surface area contributed by atoms with Crippen molar-refractivity contribution in [2.75, 3.05) is 0 Å². The highest BCUT2D eigenvalue weighted by atomic mass is 79.9. The van der Waals surface area contributed by atoms with Crippen LogP contribution in [-0.4, -0.2) is 4.98 Å². The lowest BCUT2D eigenvalue weighted by molar-refractivity contribution is 1.45. The summed E-state index contributed by atoms with van der Waals surface area (Å²) in [5, 5.41) is 0.738. The Morgan fingerprint density at radius 2 is 1.88 bits per heavy atom. The molecule has 0 aliphatic heterocycles. The number of thiazole rings is 1. The van der Waals surface area contributed by atoms with Crippen LogP contribution in [0, 0.1) is 0 Å². The predicted molar refractivity (Wildman–Crippen MR) is 77.8 cm³/mol. The third-order valence-corrected chi connectivity index (χ3v) is 4.32. The molecule has 0 spiro atoms. The van der Waals surface area contributed by atoms with Crippen molar-refractivity contribution in [2.24, 2.45) is 0 Å². The molecule has 0 amide bonds. The fourth-order valence-corrected chi connectivity index (χ4v) is 3.45. The maximum absolute atomic E-state index is 6.30. The van der Waals surface area contributed by atoms with Crippen molar-refractivity contribution >= 4 is 49.1 Å². The van der Waals surface area contributed by atoms with Crippen LogP contribution in [0.5, 0.6) is 0 Å². The summed E-state index contributed by atoms with van der Waals surface area (Å²) < 4.78 is 2.02. The first kappa shape index (κ1) is 11.2. The standard InChI is InChI=1S/C13H7BrClNS/c14-13-16-11-7-10(15)9(6-12(11)17-13)8-4-2-1-3-5-8/h1-7H. The van der Waals surface area contributed by atoms with E-state index < -0.39 is 0 Å². The SMILES string of the molecule is Clc1cc2nc(Br)sc2cc1-c1ccccc1. The third kappa shape index (κ3) is 2.10. The minimum absolute atomic E-state index is 0.738. The van der Waals surface area contributed by atoms with Gasteiger partial charge in [0.05, 0.1) is 15.2 Å². The van der Waals surface area contributed by atoms with Crippen LogP contribution in [0.4, 0.5) is 0 Å². The van der Waals surface area contributed by atoms with Gasteiger partial charge in [-0.25, -0.2) is 4.98 Å². The summed E-state index contributed by atoms with van der Waals surface area (Å²) in [5.74, 6) is 0. The van der Waals surface area contributed by atoms with E-state index in [4.69, 9.17) is 11.6 Å². The molecule has 0 radical (unpaired) electrons. The highest BCUT2D eigenvalue weighted by Crippen LogP contribution is 2.35. The van der Waals surface area contributed by atoms with E-state index in [1.807, 2.05) is 24.3 Å². The number of hydrogen-bond acceptors (Lipinski definition) is 2. The van der Waals surface area contributed by atoms with Gasteiger partial charge in [0.25, 0.3) is 0 Å². The Hall–Kier alpha value is -0.900. The first-order valence-electron chi connectivity index (χ1n) is 5.05. The Morgan fingerprint density at radius 1 is 1.12 bits per heavy atom. The van der Waals surface area contributed by atoms with Crippen molar-refractivity contribution in [3.05, 3.63) is 51.4 Å². The lowest BCUT2D eigenvalue weighted by Crippen LogP contribution is -1.79. The van der Waals surface area contributed by atoms with Gasteiger partial charge in [0, 0.05) is 5.56 Å². The molecule has 0 fully saturated rings. The van der Waals surface area contributed by atoms with Gasteiger partial charge in [-0.05, 0) is 33.6 Å². The summed E-state index contributed by atoms with van der Waals surface area (Å²) in [6.07, 6.45) is 0. The van der Waals surface area contributed by atoms with Gasteiger partial charge >= 0.3 is 0 Å². The molecule has 0 bridgehead atoms. The van der Waals surface area contributed by atoms with Gasteiger partial charge in [-0.3, -0.25) is 0 Å². The second kappa shape index (κ2) is 4.41. The monoisotopic (exact) mass is 323 g/mol. The number of rotatable bonds is 1. The van der Waals surface area contributed by atoms with Crippen LogP contribution in [-0.2, 0) is 0 Å². The molecule has 17 heavy (non-hydrogen) atoms. The van der Waals surface area contributed by atoms with Crippen LogP contribution in [0.25, 0.3) is 21.3 Å². The quantitative estimate of drug-likeness (QED) is 0.585. The molecule has 84 valence electrons. The number of fused-ring (bicyclic) bond motifs is 1. The molecule has 4 heteroatoms. The summed E-state index contributed by atoms with van der Waals surface area (Å²) >= 11 is 11.3. The Bertz CT molecular complexity index is 678. The van der Waals surface area contributed by atoms with E-state index in [-0.39, 0.29) is 0 Å². The summed E-state index contributed by atoms with van der Waals surface area (Å²) in [4.78, 5) is 4.36. The van der Waals surface area contributed by atoms with Gasteiger partial charge in [0.1, 0.15) is 0 Å². The molecule has 0 saturated carbocycles. The minimum atomic E-state index is 0.738. The van der Waals surface area contributed by atoms with Crippen molar-refractivity contribution in [3.8, 4) is 11.1 Å². The van der Waals surface area contributed by atoms with E-state index in [1.54, 1.807) is 11.3 Å². The van der Waals surface area contributed by atoms with Crippen LogP contribution in [0.3, 0.4) is 0 Å². The molecule has 0 atom stereocenters. The molecule has 1 nitrogen and oxygen atoms in total. The Balaban J connectivity index is 2.26. The van der Waals surface area contributed by atoms with Crippen molar-refractivity contribution < 1.29 is 0 Å². The predicted octanol–water partition coefficient (Wildman–Crippen LogP) is 5.38. The first-order chi connectivity index (χ1) is 8.24. The largest absolute Gasteiger partial charge is 0.229 e. The van der Waals surface area contributed by atoms with Gasteiger partial charge < -0.3 is 0 Å². The normalized spacial score (nSPS) is 10.9. The summed E-state index contributed by atoms with van der Waals surface area (Å²) in [6.45, 7) is 0. The Morgan fingerprint density at radius 3 is 2.65 bits per heavy atom. The van der Waals surface area contributed by atoms with E-state index in [2.05, 4.69) is 39.1 Å². The van der Waals surface area contributed by atoms with E-state index in [1.165, 1.54) is 0 Å². The smallest absolute Gasteiger partial charge is 0.160 e. The van der Waals surface area contributed by atoms with Crippen LogP contribution < -0.4 is 0 Å².